The lowest BCUT2D eigenvalue weighted by atomic mass is 9.93. The maximum atomic E-state index is 10.3. The van der Waals surface area contributed by atoms with E-state index in [0.29, 0.717) is 5.92 Å². The molecule has 1 nitrogen and oxygen atoms in total. The van der Waals surface area contributed by atoms with Crippen molar-refractivity contribution in [3.8, 4) is 0 Å². The Labute approximate surface area is 102 Å². The molecule has 0 spiro atoms. The number of benzene rings is 1. The molecular formula is C14H20OS. The van der Waals surface area contributed by atoms with E-state index in [1.165, 1.54) is 17.7 Å². The summed E-state index contributed by atoms with van der Waals surface area (Å²) < 4.78 is 0. The first-order valence-corrected chi connectivity index (χ1v) is 7.31. The summed E-state index contributed by atoms with van der Waals surface area (Å²) in [5.41, 5.74) is 2.46. The van der Waals surface area contributed by atoms with Gasteiger partial charge in [-0.25, -0.2) is 0 Å². The number of rotatable bonds is 4. The average molecular weight is 236 g/mol. The highest BCUT2D eigenvalue weighted by Crippen LogP contribution is 2.34. The van der Waals surface area contributed by atoms with E-state index >= 15 is 0 Å². The van der Waals surface area contributed by atoms with Crippen molar-refractivity contribution in [3.05, 3.63) is 35.4 Å². The van der Waals surface area contributed by atoms with Gasteiger partial charge in [0, 0.05) is 0 Å². The summed E-state index contributed by atoms with van der Waals surface area (Å²) in [5.74, 6) is 2.78. The minimum Gasteiger partial charge on any atom is -0.388 e. The molecule has 0 aliphatic carbocycles. The van der Waals surface area contributed by atoms with E-state index in [1.807, 2.05) is 11.8 Å². The third kappa shape index (κ3) is 2.80. The number of hydrogen-bond donors (Lipinski definition) is 1. The summed E-state index contributed by atoms with van der Waals surface area (Å²) in [7, 11) is 0. The van der Waals surface area contributed by atoms with Gasteiger partial charge in [0.05, 0.1) is 6.10 Å². The summed E-state index contributed by atoms with van der Waals surface area (Å²) in [4.78, 5) is 0. The van der Waals surface area contributed by atoms with E-state index in [1.54, 1.807) is 0 Å². The first-order chi connectivity index (χ1) is 7.81. The first-order valence-electron chi connectivity index (χ1n) is 6.16. The molecule has 1 fully saturated rings. The Morgan fingerprint density at radius 3 is 3.06 bits per heavy atom. The van der Waals surface area contributed by atoms with Gasteiger partial charge in [0.1, 0.15) is 0 Å². The Kier molecular flexibility index (Phi) is 4.30. The van der Waals surface area contributed by atoms with Gasteiger partial charge in [-0.2, -0.15) is 11.8 Å². The van der Waals surface area contributed by atoms with Crippen molar-refractivity contribution >= 4 is 11.8 Å². The maximum absolute atomic E-state index is 10.3. The quantitative estimate of drug-likeness (QED) is 0.864. The van der Waals surface area contributed by atoms with Gasteiger partial charge in [0.15, 0.2) is 0 Å². The van der Waals surface area contributed by atoms with Crippen LogP contribution in [0.15, 0.2) is 24.3 Å². The second kappa shape index (κ2) is 5.74. The fraction of sp³-hybridized carbons (Fsp3) is 0.571. The summed E-state index contributed by atoms with van der Waals surface area (Å²) in [6, 6.07) is 8.47. The standard InChI is InChI=1S/C14H20OS/c1-2-4-11-5-3-6-12(9-11)14(15)13-7-8-16-10-13/h3,5-6,9,13-15H,2,4,7-8,10H2,1H3. The summed E-state index contributed by atoms with van der Waals surface area (Å²) in [6.45, 7) is 2.19. The van der Waals surface area contributed by atoms with E-state index in [4.69, 9.17) is 0 Å². The molecule has 2 rings (SSSR count). The Bertz CT molecular complexity index is 331. The van der Waals surface area contributed by atoms with Crippen molar-refractivity contribution in [1.29, 1.82) is 0 Å². The first kappa shape index (κ1) is 12.0. The molecule has 0 bridgehead atoms. The van der Waals surface area contributed by atoms with E-state index in [9.17, 15) is 5.11 Å². The second-order valence-electron chi connectivity index (χ2n) is 4.56. The minimum atomic E-state index is -0.258. The predicted molar refractivity (Wildman–Crippen MR) is 70.8 cm³/mol. The van der Waals surface area contributed by atoms with Crippen molar-refractivity contribution in [1.82, 2.24) is 0 Å². The topological polar surface area (TPSA) is 20.2 Å². The zero-order valence-electron chi connectivity index (χ0n) is 9.86. The van der Waals surface area contributed by atoms with Gasteiger partial charge in [-0.15, -0.1) is 0 Å². The normalized spacial score (nSPS) is 22.2. The summed E-state index contributed by atoms with van der Waals surface area (Å²) in [5, 5.41) is 10.3. The molecule has 2 atom stereocenters. The molecule has 16 heavy (non-hydrogen) atoms. The molecule has 1 aliphatic heterocycles. The minimum absolute atomic E-state index is 0.258. The molecular weight excluding hydrogens is 216 g/mol. The Morgan fingerprint density at radius 2 is 2.38 bits per heavy atom. The van der Waals surface area contributed by atoms with Crippen molar-refractivity contribution in [2.45, 2.75) is 32.3 Å². The molecule has 1 heterocycles. The molecule has 1 N–H and O–H groups in total. The van der Waals surface area contributed by atoms with Crippen LogP contribution in [0.25, 0.3) is 0 Å². The molecule has 0 radical (unpaired) electrons. The van der Waals surface area contributed by atoms with Gasteiger partial charge in [0.2, 0.25) is 0 Å². The van der Waals surface area contributed by atoms with Crippen LogP contribution >= 0.6 is 11.8 Å². The van der Waals surface area contributed by atoms with Crippen LogP contribution in [-0.2, 0) is 6.42 Å². The molecule has 1 saturated heterocycles. The monoisotopic (exact) mass is 236 g/mol. The third-order valence-corrected chi connectivity index (χ3v) is 4.43. The van der Waals surface area contributed by atoms with Crippen LogP contribution in [0.2, 0.25) is 0 Å². The number of aliphatic hydroxyl groups is 1. The molecule has 1 aromatic rings. The van der Waals surface area contributed by atoms with Crippen LogP contribution in [0.5, 0.6) is 0 Å². The van der Waals surface area contributed by atoms with Crippen LogP contribution < -0.4 is 0 Å². The zero-order chi connectivity index (χ0) is 11.4. The smallest absolute Gasteiger partial charge is 0.0826 e. The molecule has 2 unspecified atom stereocenters. The lowest BCUT2D eigenvalue weighted by molar-refractivity contribution is 0.121. The fourth-order valence-corrected chi connectivity index (χ4v) is 3.58. The molecule has 88 valence electrons. The van der Waals surface area contributed by atoms with Gasteiger partial charge >= 0.3 is 0 Å². The lowest BCUT2D eigenvalue weighted by Gasteiger charge is -2.18. The average Bonchev–Trinajstić information content (AvgIpc) is 2.82. The largest absolute Gasteiger partial charge is 0.388 e. The molecule has 2 heteroatoms. The van der Waals surface area contributed by atoms with Gasteiger partial charge in [-0.3, -0.25) is 0 Å². The summed E-state index contributed by atoms with van der Waals surface area (Å²) >= 11 is 1.96. The van der Waals surface area contributed by atoms with E-state index in [-0.39, 0.29) is 6.10 Å². The Hall–Kier alpha value is -0.470. The highest BCUT2D eigenvalue weighted by Gasteiger charge is 2.24. The van der Waals surface area contributed by atoms with Crippen LogP contribution in [-0.4, -0.2) is 16.6 Å². The molecule has 0 aromatic heterocycles. The van der Waals surface area contributed by atoms with Gasteiger partial charge in [-0.05, 0) is 41.4 Å². The summed E-state index contributed by atoms with van der Waals surface area (Å²) in [6.07, 6.45) is 3.18. The van der Waals surface area contributed by atoms with Crippen molar-refractivity contribution < 1.29 is 5.11 Å². The zero-order valence-corrected chi connectivity index (χ0v) is 10.7. The van der Waals surface area contributed by atoms with Crippen molar-refractivity contribution in [3.63, 3.8) is 0 Å². The van der Waals surface area contributed by atoms with Crippen molar-refractivity contribution in [2.24, 2.45) is 5.92 Å². The lowest BCUT2D eigenvalue weighted by Crippen LogP contribution is -2.11. The number of aliphatic hydroxyl groups excluding tert-OH is 1. The van der Waals surface area contributed by atoms with E-state index in [2.05, 4.69) is 31.2 Å². The van der Waals surface area contributed by atoms with Crippen molar-refractivity contribution in [2.75, 3.05) is 11.5 Å². The van der Waals surface area contributed by atoms with Crippen LogP contribution in [0.3, 0.4) is 0 Å². The fourth-order valence-electron chi connectivity index (χ4n) is 2.30. The molecule has 0 amide bonds. The number of aryl methyl sites for hydroxylation is 1. The number of thioether (sulfide) groups is 1. The van der Waals surface area contributed by atoms with Crippen LogP contribution in [0.4, 0.5) is 0 Å². The van der Waals surface area contributed by atoms with E-state index < -0.39 is 0 Å². The maximum Gasteiger partial charge on any atom is 0.0826 e. The highest BCUT2D eigenvalue weighted by atomic mass is 32.2. The van der Waals surface area contributed by atoms with E-state index in [0.717, 1.165) is 24.2 Å². The third-order valence-electron chi connectivity index (χ3n) is 3.24. The highest BCUT2D eigenvalue weighted by molar-refractivity contribution is 7.99. The van der Waals surface area contributed by atoms with Gasteiger partial charge < -0.3 is 5.11 Å². The Morgan fingerprint density at radius 1 is 1.50 bits per heavy atom. The van der Waals surface area contributed by atoms with Gasteiger partial charge in [-0.1, -0.05) is 37.6 Å². The molecule has 1 aliphatic rings. The van der Waals surface area contributed by atoms with Crippen LogP contribution in [0, 0.1) is 5.92 Å². The SMILES string of the molecule is CCCc1cccc(C(O)C2CCSC2)c1. The predicted octanol–water partition coefficient (Wildman–Crippen LogP) is 3.43. The Balaban J connectivity index is 2.09. The molecule has 1 aromatic carbocycles. The second-order valence-corrected chi connectivity index (χ2v) is 5.71. The van der Waals surface area contributed by atoms with Gasteiger partial charge in [0.25, 0.3) is 0 Å². The molecule has 0 saturated carbocycles. The van der Waals surface area contributed by atoms with Crippen LogP contribution in [0.1, 0.15) is 37.0 Å². The number of hydrogen-bond acceptors (Lipinski definition) is 2.